The molecule has 0 aliphatic heterocycles. The van der Waals surface area contributed by atoms with E-state index in [1.807, 2.05) is 0 Å². The first kappa shape index (κ1) is 13.4. The molecule has 0 saturated carbocycles. The molecular weight excluding hydrogens is 242 g/mol. The Hall–Kier alpha value is -1.08. The van der Waals surface area contributed by atoms with Crippen LogP contribution in [0.5, 0.6) is 0 Å². The molecule has 2 aromatic rings. The number of nitrogens with zero attached hydrogens (tertiary/aromatic N) is 1. The van der Waals surface area contributed by atoms with E-state index < -0.39 is 0 Å². The van der Waals surface area contributed by atoms with Gasteiger partial charge in [0, 0.05) is 11.1 Å². The van der Waals surface area contributed by atoms with E-state index in [0.717, 1.165) is 40.0 Å². The predicted molar refractivity (Wildman–Crippen MR) is 79.5 cm³/mol. The second-order valence-corrected chi connectivity index (χ2v) is 5.18. The van der Waals surface area contributed by atoms with Crippen LogP contribution in [0, 0.1) is 6.92 Å². The van der Waals surface area contributed by atoms with Crippen molar-refractivity contribution < 1.29 is 0 Å². The molecule has 1 aromatic heterocycles. The highest BCUT2D eigenvalue weighted by molar-refractivity contribution is 6.36. The highest BCUT2D eigenvalue weighted by Crippen LogP contribution is 2.29. The van der Waals surface area contributed by atoms with Crippen LogP contribution in [0.15, 0.2) is 18.2 Å². The van der Waals surface area contributed by atoms with Gasteiger partial charge in [-0.15, -0.1) is 0 Å². The first-order valence-corrected chi connectivity index (χ1v) is 7.12. The van der Waals surface area contributed by atoms with Crippen LogP contribution in [-0.4, -0.2) is 4.98 Å². The van der Waals surface area contributed by atoms with E-state index in [1.165, 1.54) is 18.4 Å². The van der Waals surface area contributed by atoms with E-state index in [1.54, 1.807) is 0 Å². The summed E-state index contributed by atoms with van der Waals surface area (Å²) in [5.74, 6) is 0. The van der Waals surface area contributed by atoms with Gasteiger partial charge >= 0.3 is 0 Å². The van der Waals surface area contributed by atoms with Crippen LogP contribution >= 0.6 is 11.6 Å². The zero-order chi connectivity index (χ0) is 13.1. The molecule has 2 heteroatoms. The largest absolute Gasteiger partial charge is 0.252 e. The second kappa shape index (κ2) is 5.71. The predicted octanol–water partition coefficient (Wildman–Crippen LogP) is 5.10. The lowest BCUT2D eigenvalue weighted by atomic mass is 10.0. The lowest BCUT2D eigenvalue weighted by Crippen LogP contribution is -1.96. The van der Waals surface area contributed by atoms with Crippen LogP contribution < -0.4 is 0 Å². The smallest absolute Gasteiger partial charge is 0.0720 e. The first-order valence-electron chi connectivity index (χ1n) is 6.75. The minimum absolute atomic E-state index is 0.871. The third kappa shape index (κ3) is 2.51. The molecule has 0 unspecified atom stereocenters. The van der Waals surface area contributed by atoms with Gasteiger partial charge in [-0.05, 0) is 49.4 Å². The van der Waals surface area contributed by atoms with Gasteiger partial charge in [-0.25, -0.2) is 0 Å². The molecule has 1 nitrogen and oxygen atoms in total. The van der Waals surface area contributed by atoms with E-state index in [4.69, 9.17) is 16.6 Å². The van der Waals surface area contributed by atoms with Crippen LogP contribution in [0.25, 0.3) is 10.9 Å². The molecule has 96 valence electrons. The Balaban J connectivity index is 2.52. The summed E-state index contributed by atoms with van der Waals surface area (Å²) in [7, 11) is 0. The monoisotopic (exact) mass is 261 g/mol. The summed E-state index contributed by atoms with van der Waals surface area (Å²) in [6.45, 7) is 6.40. The maximum absolute atomic E-state index is 6.48. The highest BCUT2D eigenvalue weighted by atomic mass is 35.5. The van der Waals surface area contributed by atoms with Crippen molar-refractivity contribution in [2.24, 2.45) is 0 Å². The van der Waals surface area contributed by atoms with Crippen molar-refractivity contribution in [2.75, 3.05) is 0 Å². The highest BCUT2D eigenvalue weighted by Gasteiger charge is 2.09. The fourth-order valence-corrected chi connectivity index (χ4v) is 2.56. The Kier molecular flexibility index (Phi) is 4.23. The summed E-state index contributed by atoms with van der Waals surface area (Å²) < 4.78 is 0. The van der Waals surface area contributed by atoms with Crippen LogP contribution in [0.4, 0.5) is 0 Å². The summed E-state index contributed by atoms with van der Waals surface area (Å²) in [5.41, 5.74) is 4.60. The molecule has 0 saturated heterocycles. The maximum Gasteiger partial charge on any atom is 0.0720 e. The molecule has 0 aliphatic rings. The average Bonchev–Trinajstić information content (AvgIpc) is 2.40. The molecule has 2 rings (SSSR count). The molecule has 18 heavy (non-hydrogen) atoms. The van der Waals surface area contributed by atoms with E-state index in [0.29, 0.717) is 0 Å². The van der Waals surface area contributed by atoms with Crippen molar-refractivity contribution >= 4 is 22.5 Å². The maximum atomic E-state index is 6.48. The fraction of sp³-hybridized carbons (Fsp3) is 0.438. The van der Waals surface area contributed by atoms with Crippen molar-refractivity contribution in [3.8, 4) is 0 Å². The van der Waals surface area contributed by atoms with E-state index >= 15 is 0 Å². The molecule has 0 N–H and O–H groups in total. The van der Waals surface area contributed by atoms with Crippen LogP contribution in [-0.2, 0) is 12.8 Å². The number of fused-ring (bicyclic) bond motifs is 1. The minimum atomic E-state index is 0.871. The third-order valence-electron chi connectivity index (χ3n) is 3.47. The normalized spacial score (nSPS) is 11.1. The number of pyridine rings is 1. The Labute approximate surface area is 114 Å². The second-order valence-electron chi connectivity index (χ2n) is 4.81. The minimum Gasteiger partial charge on any atom is -0.252 e. The van der Waals surface area contributed by atoms with Crippen molar-refractivity contribution in [3.05, 3.63) is 40.0 Å². The zero-order valence-electron chi connectivity index (χ0n) is 11.4. The fourth-order valence-electron chi connectivity index (χ4n) is 2.30. The molecule has 0 aliphatic carbocycles. The molecule has 0 spiro atoms. The van der Waals surface area contributed by atoms with Crippen molar-refractivity contribution in [2.45, 2.75) is 46.5 Å². The number of unbranched alkanes of at least 4 members (excludes halogenated alkanes) is 1. The van der Waals surface area contributed by atoms with Crippen molar-refractivity contribution in [1.29, 1.82) is 0 Å². The van der Waals surface area contributed by atoms with Crippen molar-refractivity contribution in [3.63, 3.8) is 0 Å². The number of hydrogen-bond donors (Lipinski definition) is 0. The third-order valence-corrected chi connectivity index (χ3v) is 3.96. The Bertz CT molecular complexity index is 561. The van der Waals surface area contributed by atoms with E-state index in [9.17, 15) is 0 Å². The number of benzene rings is 1. The average molecular weight is 262 g/mol. The summed E-state index contributed by atoms with van der Waals surface area (Å²) in [5, 5.41) is 1.97. The summed E-state index contributed by atoms with van der Waals surface area (Å²) in [4.78, 5) is 4.69. The van der Waals surface area contributed by atoms with Gasteiger partial charge in [0.15, 0.2) is 0 Å². The molecule has 0 fully saturated rings. The quantitative estimate of drug-likeness (QED) is 0.746. The number of halogens is 1. The standard InChI is InChI=1S/C16H20ClN/c1-4-6-7-12-8-9-15-13(10-12)16(17)11(3)14(5-2)18-15/h8-10H,4-7H2,1-3H3. The first-order chi connectivity index (χ1) is 8.67. The van der Waals surface area contributed by atoms with Crippen molar-refractivity contribution in [1.82, 2.24) is 4.98 Å². The molecule has 0 amide bonds. The van der Waals surface area contributed by atoms with Gasteiger partial charge in [0.1, 0.15) is 0 Å². The van der Waals surface area contributed by atoms with Gasteiger partial charge in [-0.1, -0.05) is 37.9 Å². The topological polar surface area (TPSA) is 12.9 Å². The van der Waals surface area contributed by atoms with Gasteiger partial charge in [0.2, 0.25) is 0 Å². The zero-order valence-corrected chi connectivity index (χ0v) is 12.1. The van der Waals surface area contributed by atoms with Gasteiger partial charge in [0.05, 0.1) is 10.5 Å². The van der Waals surface area contributed by atoms with Crippen LogP contribution in [0.1, 0.15) is 43.5 Å². The van der Waals surface area contributed by atoms with Gasteiger partial charge < -0.3 is 0 Å². The Morgan fingerprint density at radius 2 is 2.00 bits per heavy atom. The SMILES string of the molecule is CCCCc1ccc2nc(CC)c(C)c(Cl)c2c1. The summed E-state index contributed by atoms with van der Waals surface area (Å²) in [6, 6.07) is 6.48. The van der Waals surface area contributed by atoms with Gasteiger partial charge in [-0.3, -0.25) is 4.98 Å². The van der Waals surface area contributed by atoms with Gasteiger partial charge in [-0.2, -0.15) is 0 Å². The number of aryl methyl sites for hydroxylation is 2. The van der Waals surface area contributed by atoms with E-state index in [-0.39, 0.29) is 0 Å². The summed E-state index contributed by atoms with van der Waals surface area (Å²) >= 11 is 6.48. The molecule has 0 radical (unpaired) electrons. The molecular formula is C16H20ClN. The Morgan fingerprint density at radius 3 is 2.67 bits per heavy atom. The number of rotatable bonds is 4. The number of hydrogen-bond acceptors (Lipinski definition) is 1. The molecule has 0 bridgehead atoms. The van der Waals surface area contributed by atoms with E-state index in [2.05, 4.69) is 39.0 Å². The molecule has 1 aromatic carbocycles. The lowest BCUT2D eigenvalue weighted by Gasteiger charge is -2.10. The van der Waals surface area contributed by atoms with Crippen LogP contribution in [0.3, 0.4) is 0 Å². The molecule has 1 heterocycles. The molecule has 0 atom stereocenters. The number of aromatic nitrogens is 1. The van der Waals surface area contributed by atoms with Gasteiger partial charge in [0.25, 0.3) is 0 Å². The Morgan fingerprint density at radius 1 is 1.22 bits per heavy atom. The van der Waals surface area contributed by atoms with Crippen LogP contribution in [0.2, 0.25) is 5.02 Å². The lowest BCUT2D eigenvalue weighted by molar-refractivity contribution is 0.796. The summed E-state index contributed by atoms with van der Waals surface area (Å²) in [6.07, 6.45) is 4.50.